The molecule has 9 rings (SSSR count). The van der Waals surface area contributed by atoms with Gasteiger partial charge in [0.25, 0.3) is 0 Å². The van der Waals surface area contributed by atoms with Crippen molar-refractivity contribution in [1.29, 1.82) is 0 Å². The van der Waals surface area contributed by atoms with Crippen molar-refractivity contribution >= 4 is 28.7 Å². The molecule has 1 aromatic heterocycles. The lowest BCUT2D eigenvalue weighted by atomic mass is 9.72. The predicted octanol–water partition coefficient (Wildman–Crippen LogP) is 16.4. The van der Waals surface area contributed by atoms with Crippen LogP contribution in [0.1, 0.15) is 117 Å². The lowest BCUT2D eigenvalue weighted by Gasteiger charge is -2.41. The number of rotatable bonds is 8. The average Bonchev–Trinajstić information content (AvgIpc) is 3.73. The molecular weight excluding hydrogens is 895 g/mol. The number of nitrogens with zero attached hydrogens (tertiary/aromatic N) is 4. The van der Waals surface area contributed by atoms with Crippen LogP contribution in [-0.2, 0) is 28.6 Å². The van der Waals surface area contributed by atoms with E-state index in [0.717, 1.165) is 62.7 Å². The molecule has 2 aliphatic heterocycles. The van der Waals surface area contributed by atoms with Crippen molar-refractivity contribution in [3.05, 3.63) is 207 Å². The minimum Gasteiger partial charge on any atom is -0.457 e. The summed E-state index contributed by atoms with van der Waals surface area (Å²) in [4.78, 5) is 13.9. The second kappa shape index (κ2) is 17.5. The molecule has 0 bridgehead atoms. The van der Waals surface area contributed by atoms with Crippen LogP contribution in [0.3, 0.4) is 0 Å². The Morgan fingerprint density at radius 3 is 1.77 bits per heavy atom. The Hall–Kier alpha value is -6.88. The van der Waals surface area contributed by atoms with E-state index in [1.54, 1.807) is 12.3 Å². The molecule has 2 aliphatic rings. The van der Waals surface area contributed by atoms with Gasteiger partial charge in [0, 0.05) is 47.0 Å². The van der Waals surface area contributed by atoms with E-state index in [-0.39, 0.29) is 35.0 Å². The number of hydrogen-bond acceptors (Lipinski definition) is 5. The van der Waals surface area contributed by atoms with E-state index < -0.39 is 40.9 Å². The third kappa shape index (κ3) is 9.42. The average molecular weight is 951 g/mol. The van der Waals surface area contributed by atoms with Gasteiger partial charge in [0.2, 0.25) is 0 Å². The van der Waals surface area contributed by atoms with E-state index in [2.05, 4.69) is 69.9 Å². The molecule has 0 N–H and O–H groups in total. The van der Waals surface area contributed by atoms with E-state index in [1.807, 2.05) is 119 Å². The number of hydrogen-bond donors (Lipinski definition) is 0. The first-order valence-electron chi connectivity index (χ1n) is 23.5. The first-order valence-corrected chi connectivity index (χ1v) is 23.5. The van der Waals surface area contributed by atoms with Crippen molar-refractivity contribution in [3.63, 3.8) is 0 Å². The highest BCUT2D eigenvalue weighted by Gasteiger charge is 2.42. The highest BCUT2D eigenvalue weighted by Crippen LogP contribution is 2.52. The molecule has 1 atom stereocenters. The third-order valence-corrected chi connectivity index (χ3v) is 13.5. The van der Waals surface area contributed by atoms with Gasteiger partial charge in [0.05, 0.1) is 28.5 Å². The SMILES string of the molecule is Cc1cc(Oc2cc(C3=N[C@H](C(c4ccccc4)c4ccccc4)CN3c3cc(C(F)(F)F)cc(C(F)(F)F)c3)cc(C(C)(C)C)c2)cc(N2c3ccc(C(C)(C)C)cc3C(C)(C)c3cccnc32)c1. The van der Waals surface area contributed by atoms with Gasteiger partial charge in [0.1, 0.15) is 23.2 Å². The number of halogens is 6. The van der Waals surface area contributed by atoms with Crippen molar-refractivity contribution in [2.24, 2.45) is 4.99 Å². The zero-order chi connectivity index (χ0) is 50.1. The summed E-state index contributed by atoms with van der Waals surface area (Å²) < 4.78 is 93.9. The van der Waals surface area contributed by atoms with Gasteiger partial charge in [-0.3, -0.25) is 9.89 Å². The van der Waals surface area contributed by atoms with Crippen molar-refractivity contribution < 1.29 is 31.1 Å². The summed E-state index contributed by atoms with van der Waals surface area (Å²) in [5, 5.41) is 0. The molecule has 0 spiro atoms. The fraction of sp³-hybridized carbons (Fsp3) is 0.288. The second-order valence-corrected chi connectivity index (χ2v) is 21.1. The minimum atomic E-state index is -5.05. The number of pyridine rings is 1. The van der Waals surface area contributed by atoms with Gasteiger partial charge in [-0.05, 0) is 112 Å². The summed E-state index contributed by atoms with van der Waals surface area (Å²) in [5.74, 6) is 1.57. The van der Waals surface area contributed by atoms with Crippen LogP contribution in [0.15, 0.2) is 157 Å². The molecule has 3 heterocycles. The lowest BCUT2D eigenvalue weighted by molar-refractivity contribution is -0.143. The third-order valence-electron chi connectivity index (χ3n) is 13.5. The standard InChI is InChI=1S/C59H56F6N4O/c1-36-25-45(69-51-23-22-40(55(2,3)4)33-49(51)57(8,9)48-21-16-24-66-54(48)69)34-46(26-36)70-47-28-39(27-41(32-47)56(5,6)7)53-67-50(52(37-17-12-10-13-18-37)38-19-14-11-15-20-38)35-68(53)44-30-42(58(60,61)62)29-43(31-44)59(63,64)65/h10-34,50,52H,35H2,1-9H3/t50-/m0/s1. The number of aliphatic imine (C=N–C) groups is 1. The van der Waals surface area contributed by atoms with Gasteiger partial charge < -0.3 is 9.64 Å². The Morgan fingerprint density at radius 1 is 0.586 bits per heavy atom. The van der Waals surface area contributed by atoms with Crippen molar-refractivity contribution in [3.8, 4) is 11.5 Å². The number of amidine groups is 1. The first kappa shape index (κ1) is 48.2. The van der Waals surface area contributed by atoms with Crippen LogP contribution in [-0.4, -0.2) is 23.4 Å². The molecule has 6 aromatic carbocycles. The Labute approximate surface area is 406 Å². The summed E-state index contributed by atoms with van der Waals surface area (Å²) in [7, 11) is 0. The number of aryl methyl sites for hydroxylation is 1. The number of aromatic nitrogens is 1. The molecule has 70 heavy (non-hydrogen) atoms. The molecule has 11 heteroatoms. The number of benzene rings is 6. The Kier molecular flexibility index (Phi) is 12.0. The summed E-state index contributed by atoms with van der Waals surface area (Å²) in [6, 6.07) is 42.7. The van der Waals surface area contributed by atoms with Crippen molar-refractivity contribution in [1.82, 2.24) is 4.98 Å². The largest absolute Gasteiger partial charge is 0.457 e. The Balaban J connectivity index is 1.20. The molecule has 0 amide bonds. The molecule has 0 aliphatic carbocycles. The van der Waals surface area contributed by atoms with Crippen LogP contribution < -0.4 is 14.5 Å². The van der Waals surface area contributed by atoms with Gasteiger partial charge in [-0.1, -0.05) is 134 Å². The molecule has 0 radical (unpaired) electrons. The molecule has 7 aromatic rings. The van der Waals surface area contributed by atoms with Gasteiger partial charge in [0.15, 0.2) is 0 Å². The van der Waals surface area contributed by atoms with E-state index in [4.69, 9.17) is 14.7 Å². The van der Waals surface area contributed by atoms with E-state index in [9.17, 15) is 26.3 Å². The number of anilines is 4. The second-order valence-electron chi connectivity index (χ2n) is 21.1. The summed E-state index contributed by atoms with van der Waals surface area (Å²) in [6.45, 7) is 19.2. The highest BCUT2D eigenvalue weighted by molar-refractivity contribution is 6.12. The Morgan fingerprint density at radius 2 is 1.19 bits per heavy atom. The first-order chi connectivity index (χ1) is 32.9. The zero-order valence-corrected chi connectivity index (χ0v) is 40.8. The normalized spacial score (nSPS) is 16.0. The molecule has 0 saturated heterocycles. The van der Waals surface area contributed by atoms with Crippen molar-refractivity contribution in [2.75, 3.05) is 16.3 Å². The minimum absolute atomic E-state index is 0.0135. The lowest BCUT2D eigenvalue weighted by Crippen LogP contribution is -2.32. The predicted molar refractivity (Wildman–Crippen MR) is 269 cm³/mol. The molecular formula is C59H56F6N4O. The zero-order valence-electron chi connectivity index (χ0n) is 40.8. The van der Waals surface area contributed by atoms with Crippen LogP contribution in [0.2, 0.25) is 0 Å². The van der Waals surface area contributed by atoms with Crippen LogP contribution >= 0.6 is 0 Å². The topological polar surface area (TPSA) is 41.0 Å². The van der Waals surface area contributed by atoms with Crippen LogP contribution in [0, 0.1) is 6.92 Å². The van der Waals surface area contributed by atoms with Gasteiger partial charge >= 0.3 is 12.4 Å². The fourth-order valence-electron chi connectivity index (χ4n) is 9.79. The van der Waals surface area contributed by atoms with Gasteiger partial charge in [-0.2, -0.15) is 26.3 Å². The van der Waals surface area contributed by atoms with Crippen molar-refractivity contribution in [2.45, 2.75) is 103 Å². The highest BCUT2D eigenvalue weighted by atomic mass is 19.4. The summed E-state index contributed by atoms with van der Waals surface area (Å²) in [6.07, 6.45) is -8.31. The molecule has 360 valence electrons. The number of ether oxygens (including phenoxy) is 1. The van der Waals surface area contributed by atoms with Crippen LogP contribution in [0.25, 0.3) is 0 Å². The fourth-order valence-corrected chi connectivity index (χ4v) is 9.79. The van der Waals surface area contributed by atoms with Gasteiger partial charge in [-0.15, -0.1) is 0 Å². The quantitative estimate of drug-likeness (QED) is 0.142. The maximum absolute atomic E-state index is 14.5. The van der Waals surface area contributed by atoms with E-state index in [0.29, 0.717) is 17.1 Å². The van der Waals surface area contributed by atoms with E-state index in [1.165, 1.54) is 10.5 Å². The Bertz CT molecular complexity index is 3040. The monoisotopic (exact) mass is 950 g/mol. The van der Waals surface area contributed by atoms with Crippen LogP contribution in [0.4, 0.5) is 49.2 Å². The van der Waals surface area contributed by atoms with Gasteiger partial charge in [-0.25, -0.2) is 4.98 Å². The smallest absolute Gasteiger partial charge is 0.416 e. The molecule has 0 unspecified atom stereocenters. The maximum atomic E-state index is 14.5. The number of alkyl halides is 6. The molecule has 0 fully saturated rings. The number of fused-ring (bicyclic) bond motifs is 2. The molecule has 0 saturated carbocycles. The van der Waals surface area contributed by atoms with Crippen LogP contribution in [0.5, 0.6) is 11.5 Å². The molecule has 5 nitrogen and oxygen atoms in total. The maximum Gasteiger partial charge on any atom is 0.416 e. The summed E-state index contributed by atoms with van der Waals surface area (Å²) >= 11 is 0. The van der Waals surface area contributed by atoms with E-state index >= 15 is 0 Å². The summed E-state index contributed by atoms with van der Waals surface area (Å²) in [5.41, 5.74) is 5.31.